The molecule has 4 heteroatoms. The second kappa shape index (κ2) is 4.41. The quantitative estimate of drug-likeness (QED) is 0.794. The minimum absolute atomic E-state index is 0.0769. The lowest BCUT2D eigenvalue weighted by molar-refractivity contribution is 0.0681. The van der Waals surface area contributed by atoms with Crippen LogP contribution < -0.4 is 0 Å². The van der Waals surface area contributed by atoms with E-state index in [9.17, 15) is 9.59 Å². The van der Waals surface area contributed by atoms with Gasteiger partial charge in [0.1, 0.15) is 0 Å². The van der Waals surface area contributed by atoms with E-state index in [0.29, 0.717) is 5.56 Å². The summed E-state index contributed by atoms with van der Waals surface area (Å²) in [7, 11) is 0. The normalized spacial score (nSPS) is 10.5. The fourth-order valence-electron chi connectivity index (χ4n) is 1.21. The Morgan fingerprint density at radius 2 is 1.87 bits per heavy atom. The number of carboxylic acids is 2. The summed E-state index contributed by atoms with van der Waals surface area (Å²) in [5.41, 5.74) is 0.566. The van der Waals surface area contributed by atoms with Crippen LogP contribution in [0.1, 0.15) is 33.2 Å². The van der Waals surface area contributed by atoms with E-state index in [4.69, 9.17) is 10.2 Å². The first-order valence-electron chi connectivity index (χ1n) is 4.29. The lowest BCUT2D eigenvalue weighted by Crippen LogP contribution is -2.03. The van der Waals surface area contributed by atoms with E-state index in [1.165, 1.54) is 18.2 Å². The van der Waals surface area contributed by atoms with Crippen molar-refractivity contribution in [2.75, 3.05) is 0 Å². The van der Waals surface area contributed by atoms with E-state index in [-0.39, 0.29) is 11.1 Å². The lowest BCUT2D eigenvalue weighted by Gasteiger charge is -2.02. The Bertz CT molecular complexity index is 432. The fourth-order valence-corrected chi connectivity index (χ4v) is 1.21. The SMILES string of the molecule is CC=Cc1cc(C(=O)O)ccc1C(=O)O. The van der Waals surface area contributed by atoms with Crippen LogP contribution in [-0.4, -0.2) is 22.2 Å². The number of benzene rings is 1. The van der Waals surface area contributed by atoms with E-state index < -0.39 is 11.9 Å². The van der Waals surface area contributed by atoms with Crippen LogP contribution in [0.3, 0.4) is 0 Å². The zero-order valence-corrected chi connectivity index (χ0v) is 8.10. The lowest BCUT2D eigenvalue weighted by atomic mass is 10.0. The van der Waals surface area contributed by atoms with Gasteiger partial charge in [0.25, 0.3) is 0 Å². The van der Waals surface area contributed by atoms with Gasteiger partial charge in [-0.1, -0.05) is 12.2 Å². The second-order valence-corrected chi connectivity index (χ2v) is 2.91. The van der Waals surface area contributed by atoms with Gasteiger partial charge in [-0.2, -0.15) is 0 Å². The molecule has 0 aliphatic carbocycles. The molecule has 78 valence electrons. The van der Waals surface area contributed by atoms with Crippen molar-refractivity contribution < 1.29 is 19.8 Å². The number of hydrogen-bond donors (Lipinski definition) is 2. The summed E-state index contributed by atoms with van der Waals surface area (Å²) < 4.78 is 0. The van der Waals surface area contributed by atoms with E-state index in [1.54, 1.807) is 19.1 Å². The van der Waals surface area contributed by atoms with Gasteiger partial charge in [-0.25, -0.2) is 9.59 Å². The molecule has 4 nitrogen and oxygen atoms in total. The van der Waals surface area contributed by atoms with Crippen LogP contribution in [0.15, 0.2) is 24.3 Å². The zero-order chi connectivity index (χ0) is 11.4. The molecule has 2 N–H and O–H groups in total. The van der Waals surface area contributed by atoms with Crippen LogP contribution in [0.25, 0.3) is 6.08 Å². The zero-order valence-electron chi connectivity index (χ0n) is 8.10. The molecule has 1 aromatic rings. The van der Waals surface area contributed by atoms with Crippen LogP contribution in [0.5, 0.6) is 0 Å². The number of aromatic carboxylic acids is 2. The van der Waals surface area contributed by atoms with E-state index in [1.807, 2.05) is 0 Å². The van der Waals surface area contributed by atoms with Crippen LogP contribution in [0.2, 0.25) is 0 Å². The molecule has 0 heterocycles. The van der Waals surface area contributed by atoms with Crippen molar-refractivity contribution in [2.24, 2.45) is 0 Å². The smallest absolute Gasteiger partial charge is 0.336 e. The first kappa shape index (κ1) is 11.0. The summed E-state index contributed by atoms with van der Waals surface area (Å²) >= 11 is 0. The van der Waals surface area contributed by atoms with Crippen molar-refractivity contribution in [3.8, 4) is 0 Å². The minimum Gasteiger partial charge on any atom is -0.478 e. The highest BCUT2D eigenvalue weighted by atomic mass is 16.4. The van der Waals surface area contributed by atoms with E-state index in [0.717, 1.165) is 0 Å². The molecule has 15 heavy (non-hydrogen) atoms. The van der Waals surface area contributed by atoms with Crippen molar-refractivity contribution in [1.82, 2.24) is 0 Å². The first-order chi connectivity index (χ1) is 7.06. The Kier molecular flexibility index (Phi) is 3.23. The molecular weight excluding hydrogens is 196 g/mol. The minimum atomic E-state index is -1.07. The third kappa shape index (κ3) is 2.43. The van der Waals surface area contributed by atoms with Crippen LogP contribution in [0, 0.1) is 0 Å². The van der Waals surface area contributed by atoms with Gasteiger partial charge in [0.15, 0.2) is 0 Å². The predicted molar refractivity (Wildman–Crippen MR) is 55.1 cm³/mol. The molecule has 0 aliphatic rings. The predicted octanol–water partition coefficient (Wildman–Crippen LogP) is 2.12. The van der Waals surface area contributed by atoms with Gasteiger partial charge in [-0.05, 0) is 30.7 Å². The number of allylic oxidation sites excluding steroid dienone is 1. The molecule has 0 bridgehead atoms. The van der Waals surface area contributed by atoms with Gasteiger partial charge in [0.2, 0.25) is 0 Å². The molecule has 0 aromatic heterocycles. The van der Waals surface area contributed by atoms with E-state index in [2.05, 4.69) is 0 Å². The average Bonchev–Trinajstić information content (AvgIpc) is 2.17. The van der Waals surface area contributed by atoms with Crippen molar-refractivity contribution in [2.45, 2.75) is 6.92 Å². The fraction of sp³-hybridized carbons (Fsp3) is 0.0909. The molecule has 0 radical (unpaired) electrons. The Labute approximate surface area is 86.5 Å². The summed E-state index contributed by atoms with van der Waals surface area (Å²) in [6.07, 6.45) is 3.23. The summed E-state index contributed by atoms with van der Waals surface area (Å²) in [6.45, 7) is 1.74. The Morgan fingerprint density at radius 1 is 1.20 bits per heavy atom. The van der Waals surface area contributed by atoms with Gasteiger partial charge in [0.05, 0.1) is 11.1 Å². The van der Waals surface area contributed by atoms with Crippen LogP contribution >= 0.6 is 0 Å². The molecule has 0 fully saturated rings. The van der Waals surface area contributed by atoms with Crippen molar-refractivity contribution in [1.29, 1.82) is 0 Å². The van der Waals surface area contributed by atoms with Crippen molar-refractivity contribution in [3.63, 3.8) is 0 Å². The number of carbonyl (C=O) groups is 2. The Morgan fingerprint density at radius 3 is 2.33 bits per heavy atom. The molecule has 1 rings (SSSR count). The summed E-state index contributed by atoms with van der Waals surface area (Å²) in [6, 6.07) is 3.91. The molecule has 0 spiro atoms. The molecular formula is C11H10O4. The van der Waals surface area contributed by atoms with Gasteiger partial charge in [0, 0.05) is 0 Å². The largest absolute Gasteiger partial charge is 0.478 e. The topological polar surface area (TPSA) is 74.6 Å². The Hall–Kier alpha value is -2.10. The van der Waals surface area contributed by atoms with Crippen molar-refractivity contribution in [3.05, 3.63) is 41.0 Å². The number of carboxylic acid groups (broad SMARTS) is 2. The first-order valence-corrected chi connectivity index (χ1v) is 4.29. The van der Waals surface area contributed by atoms with Crippen LogP contribution in [-0.2, 0) is 0 Å². The summed E-state index contributed by atoms with van der Waals surface area (Å²) in [5, 5.41) is 17.6. The molecule has 0 aliphatic heterocycles. The highest BCUT2D eigenvalue weighted by Gasteiger charge is 2.11. The monoisotopic (exact) mass is 206 g/mol. The van der Waals surface area contributed by atoms with E-state index >= 15 is 0 Å². The molecule has 0 saturated heterocycles. The molecule has 0 amide bonds. The third-order valence-corrected chi connectivity index (χ3v) is 1.88. The summed E-state index contributed by atoms with van der Waals surface area (Å²) in [5.74, 6) is -2.14. The standard InChI is InChI=1S/C11H10O4/c1-2-3-7-6-8(10(12)13)4-5-9(7)11(14)15/h2-6H,1H3,(H,12,13)(H,14,15). The van der Waals surface area contributed by atoms with Gasteiger partial charge in [-0.15, -0.1) is 0 Å². The second-order valence-electron chi connectivity index (χ2n) is 2.91. The van der Waals surface area contributed by atoms with Gasteiger partial charge in [-0.3, -0.25) is 0 Å². The highest BCUT2D eigenvalue weighted by Crippen LogP contribution is 2.14. The third-order valence-electron chi connectivity index (χ3n) is 1.88. The maximum Gasteiger partial charge on any atom is 0.336 e. The van der Waals surface area contributed by atoms with Gasteiger partial charge < -0.3 is 10.2 Å². The van der Waals surface area contributed by atoms with Gasteiger partial charge >= 0.3 is 11.9 Å². The molecule has 0 unspecified atom stereocenters. The maximum absolute atomic E-state index is 10.8. The van der Waals surface area contributed by atoms with Crippen molar-refractivity contribution >= 4 is 18.0 Å². The molecule has 0 atom stereocenters. The highest BCUT2D eigenvalue weighted by molar-refractivity contribution is 5.95. The molecule has 1 aromatic carbocycles. The Balaban J connectivity index is 3.32. The average molecular weight is 206 g/mol. The number of hydrogen-bond acceptors (Lipinski definition) is 2. The summed E-state index contributed by atoms with van der Waals surface area (Å²) in [4.78, 5) is 21.5. The maximum atomic E-state index is 10.8. The number of rotatable bonds is 3. The van der Waals surface area contributed by atoms with Crippen LogP contribution in [0.4, 0.5) is 0 Å². The molecule has 0 saturated carbocycles.